The molecule has 1 saturated carbocycles. The SMILES string of the molecule is CC1CC(C=O)CC2(C1)OCCO2. The summed E-state index contributed by atoms with van der Waals surface area (Å²) in [5.41, 5.74) is 0. The Morgan fingerprint density at radius 3 is 2.62 bits per heavy atom. The minimum Gasteiger partial charge on any atom is -0.348 e. The molecule has 0 N–H and O–H groups in total. The molecular weight excluding hydrogens is 168 g/mol. The summed E-state index contributed by atoms with van der Waals surface area (Å²) in [5, 5.41) is 0. The highest BCUT2D eigenvalue weighted by atomic mass is 16.7. The van der Waals surface area contributed by atoms with Crippen LogP contribution in [0.1, 0.15) is 26.2 Å². The lowest BCUT2D eigenvalue weighted by Crippen LogP contribution is -2.40. The van der Waals surface area contributed by atoms with Crippen molar-refractivity contribution in [3.63, 3.8) is 0 Å². The average molecular weight is 184 g/mol. The van der Waals surface area contributed by atoms with Gasteiger partial charge >= 0.3 is 0 Å². The third kappa shape index (κ3) is 1.76. The van der Waals surface area contributed by atoms with Gasteiger partial charge in [-0.1, -0.05) is 6.92 Å². The van der Waals surface area contributed by atoms with Crippen molar-refractivity contribution in [1.82, 2.24) is 0 Å². The Hall–Kier alpha value is -0.410. The summed E-state index contributed by atoms with van der Waals surface area (Å²) in [4.78, 5) is 10.7. The molecule has 13 heavy (non-hydrogen) atoms. The molecule has 3 nitrogen and oxygen atoms in total. The van der Waals surface area contributed by atoms with Gasteiger partial charge in [0.2, 0.25) is 0 Å². The topological polar surface area (TPSA) is 35.5 Å². The highest BCUT2D eigenvalue weighted by Gasteiger charge is 2.43. The van der Waals surface area contributed by atoms with Crippen LogP contribution in [-0.2, 0) is 14.3 Å². The lowest BCUT2D eigenvalue weighted by molar-refractivity contribution is -0.195. The van der Waals surface area contributed by atoms with Crippen LogP contribution in [0.25, 0.3) is 0 Å². The number of rotatable bonds is 1. The first-order valence-corrected chi connectivity index (χ1v) is 4.97. The fourth-order valence-corrected chi connectivity index (χ4v) is 2.53. The lowest BCUT2D eigenvalue weighted by Gasteiger charge is -2.37. The van der Waals surface area contributed by atoms with E-state index in [1.165, 1.54) is 0 Å². The van der Waals surface area contributed by atoms with Gasteiger partial charge in [-0.05, 0) is 12.3 Å². The Morgan fingerprint density at radius 2 is 2.00 bits per heavy atom. The molecule has 74 valence electrons. The van der Waals surface area contributed by atoms with E-state index in [2.05, 4.69) is 6.92 Å². The molecule has 0 aromatic carbocycles. The second kappa shape index (κ2) is 3.39. The summed E-state index contributed by atoms with van der Waals surface area (Å²) in [6.45, 7) is 3.51. The van der Waals surface area contributed by atoms with Gasteiger partial charge in [0.15, 0.2) is 5.79 Å². The van der Waals surface area contributed by atoms with E-state index in [1.54, 1.807) is 0 Å². The highest BCUT2D eigenvalue weighted by molar-refractivity contribution is 5.53. The normalized spacial score (nSPS) is 37.9. The summed E-state index contributed by atoms with van der Waals surface area (Å²) < 4.78 is 11.2. The third-order valence-electron chi connectivity index (χ3n) is 2.94. The average Bonchev–Trinajstić information content (AvgIpc) is 2.51. The zero-order valence-corrected chi connectivity index (χ0v) is 7.99. The number of carbonyl (C=O) groups is 1. The first kappa shape index (κ1) is 9.16. The number of ether oxygens (including phenoxy) is 2. The van der Waals surface area contributed by atoms with E-state index < -0.39 is 5.79 Å². The maximum atomic E-state index is 10.7. The summed E-state index contributed by atoms with van der Waals surface area (Å²) in [5.74, 6) is 0.243. The largest absolute Gasteiger partial charge is 0.348 e. The number of hydrogen-bond acceptors (Lipinski definition) is 3. The number of carbonyl (C=O) groups excluding carboxylic acids is 1. The molecule has 1 aliphatic carbocycles. The molecule has 2 unspecified atom stereocenters. The smallest absolute Gasteiger partial charge is 0.169 e. The van der Waals surface area contributed by atoms with Crippen molar-refractivity contribution in [1.29, 1.82) is 0 Å². The first-order valence-electron chi connectivity index (χ1n) is 4.97. The molecule has 2 aliphatic rings. The first-order chi connectivity index (χ1) is 6.24. The molecule has 1 saturated heterocycles. The monoisotopic (exact) mass is 184 g/mol. The van der Waals surface area contributed by atoms with Crippen molar-refractivity contribution in [2.45, 2.75) is 32.0 Å². The van der Waals surface area contributed by atoms with Crippen LogP contribution in [0.3, 0.4) is 0 Å². The van der Waals surface area contributed by atoms with Crippen LogP contribution in [0.2, 0.25) is 0 Å². The van der Waals surface area contributed by atoms with Crippen molar-refractivity contribution in [3.05, 3.63) is 0 Å². The molecule has 0 radical (unpaired) electrons. The minimum absolute atomic E-state index is 0.127. The third-order valence-corrected chi connectivity index (χ3v) is 2.94. The van der Waals surface area contributed by atoms with Crippen LogP contribution in [0.5, 0.6) is 0 Å². The number of aldehydes is 1. The zero-order valence-electron chi connectivity index (χ0n) is 7.99. The van der Waals surface area contributed by atoms with Crippen LogP contribution in [0.15, 0.2) is 0 Å². The molecular formula is C10H16O3. The molecule has 1 heterocycles. The van der Waals surface area contributed by atoms with E-state index in [1.807, 2.05) is 0 Å². The van der Waals surface area contributed by atoms with E-state index in [9.17, 15) is 4.79 Å². The summed E-state index contributed by atoms with van der Waals surface area (Å²) >= 11 is 0. The highest BCUT2D eigenvalue weighted by Crippen LogP contribution is 2.40. The molecule has 3 heteroatoms. The molecule has 1 aliphatic heterocycles. The second-order valence-corrected chi connectivity index (χ2v) is 4.25. The molecule has 0 aromatic rings. The van der Waals surface area contributed by atoms with E-state index in [0.29, 0.717) is 19.1 Å². The predicted octanol–water partition coefficient (Wildman–Crippen LogP) is 1.36. The van der Waals surface area contributed by atoms with Gasteiger partial charge in [0, 0.05) is 18.8 Å². The summed E-state index contributed by atoms with van der Waals surface area (Å²) in [6.07, 6.45) is 3.72. The fourth-order valence-electron chi connectivity index (χ4n) is 2.53. The van der Waals surface area contributed by atoms with E-state index in [4.69, 9.17) is 9.47 Å². The van der Waals surface area contributed by atoms with Crippen molar-refractivity contribution in [2.75, 3.05) is 13.2 Å². The van der Waals surface area contributed by atoms with Crippen LogP contribution in [0.4, 0.5) is 0 Å². The predicted molar refractivity (Wildman–Crippen MR) is 47.2 cm³/mol. The van der Waals surface area contributed by atoms with Gasteiger partial charge < -0.3 is 14.3 Å². The van der Waals surface area contributed by atoms with Crippen molar-refractivity contribution >= 4 is 6.29 Å². The molecule has 1 spiro atoms. The van der Waals surface area contributed by atoms with Gasteiger partial charge in [0.25, 0.3) is 0 Å². The van der Waals surface area contributed by atoms with Crippen LogP contribution < -0.4 is 0 Å². The number of hydrogen-bond donors (Lipinski definition) is 0. The molecule has 0 aromatic heterocycles. The van der Waals surface area contributed by atoms with Crippen molar-refractivity contribution in [2.24, 2.45) is 11.8 Å². The summed E-state index contributed by atoms with van der Waals surface area (Å²) in [6, 6.07) is 0. The fraction of sp³-hybridized carbons (Fsp3) is 0.900. The van der Waals surface area contributed by atoms with Gasteiger partial charge in [0.05, 0.1) is 13.2 Å². The van der Waals surface area contributed by atoms with Crippen LogP contribution in [0, 0.1) is 11.8 Å². The Kier molecular flexibility index (Phi) is 2.39. The molecule has 2 rings (SSSR count). The van der Waals surface area contributed by atoms with Gasteiger partial charge in [-0.15, -0.1) is 0 Å². The van der Waals surface area contributed by atoms with Crippen molar-refractivity contribution < 1.29 is 14.3 Å². The van der Waals surface area contributed by atoms with Crippen LogP contribution in [-0.4, -0.2) is 25.3 Å². The Labute approximate surface area is 78.4 Å². The standard InChI is InChI=1S/C10H16O3/c1-8-4-9(7-11)6-10(5-8)12-2-3-13-10/h7-9H,2-6H2,1H3. The summed E-state index contributed by atoms with van der Waals surface area (Å²) in [7, 11) is 0. The van der Waals surface area contributed by atoms with Gasteiger partial charge in [-0.3, -0.25) is 0 Å². The van der Waals surface area contributed by atoms with E-state index >= 15 is 0 Å². The minimum atomic E-state index is -0.413. The van der Waals surface area contributed by atoms with Gasteiger partial charge in [-0.2, -0.15) is 0 Å². The molecule has 2 atom stereocenters. The Bertz CT molecular complexity index is 196. The molecule has 0 amide bonds. The van der Waals surface area contributed by atoms with Gasteiger partial charge in [0.1, 0.15) is 6.29 Å². The Balaban J connectivity index is 2.07. The second-order valence-electron chi connectivity index (χ2n) is 4.25. The van der Waals surface area contributed by atoms with Crippen LogP contribution >= 0.6 is 0 Å². The quantitative estimate of drug-likeness (QED) is 0.577. The van der Waals surface area contributed by atoms with E-state index in [0.717, 1.165) is 25.5 Å². The molecule has 0 bridgehead atoms. The van der Waals surface area contributed by atoms with Crippen molar-refractivity contribution in [3.8, 4) is 0 Å². The molecule has 2 fully saturated rings. The van der Waals surface area contributed by atoms with E-state index in [-0.39, 0.29) is 5.92 Å². The maximum absolute atomic E-state index is 10.7. The van der Waals surface area contributed by atoms with Gasteiger partial charge in [-0.25, -0.2) is 0 Å². The zero-order chi connectivity index (χ0) is 9.31. The maximum Gasteiger partial charge on any atom is 0.169 e. The Morgan fingerprint density at radius 1 is 1.31 bits per heavy atom. The lowest BCUT2D eigenvalue weighted by atomic mass is 9.79.